The summed E-state index contributed by atoms with van der Waals surface area (Å²) in [5.41, 5.74) is 0. The molecule has 2 rings (SSSR count). The first kappa shape index (κ1) is 14.2. The molecular weight excluding hydrogens is 252 g/mol. The Morgan fingerprint density at radius 2 is 2.00 bits per heavy atom. The van der Waals surface area contributed by atoms with Gasteiger partial charge in [0.25, 0.3) is 0 Å². The fourth-order valence-electron chi connectivity index (χ4n) is 2.77. The Morgan fingerprint density at radius 1 is 1.28 bits per heavy atom. The number of nitrogens with one attached hydrogen (secondary N) is 1. The molecule has 2 aliphatic rings. The molecule has 0 aromatic rings. The van der Waals surface area contributed by atoms with Crippen molar-refractivity contribution >= 4 is 10.0 Å². The average molecular weight is 276 g/mol. The molecule has 2 heterocycles. The maximum absolute atomic E-state index is 12.4. The summed E-state index contributed by atoms with van der Waals surface area (Å²) in [7, 11) is -1.41. The first-order valence-electron chi connectivity index (χ1n) is 6.84. The van der Waals surface area contributed by atoms with Crippen molar-refractivity contribution < 1.29 is 13.2 Å². The molecule has 6 heteroatoms. The molecule has 0 bridgehead atoms. The van der Waals surface area contributed by atoms with Crippen LogP contribution < -0.4 is 5.32 Å². The van der Waals surface area contributed by atoms with Gasteiger partial charge in [-0.05, 0) is 44.7 Å². The second-order valence-corrected chi connectivity index (χ2v) is 7.68. The maximum atomic E-state index is 12.4. The summed E-state index contributed by atoms with van der Waals surface area (Å²) < 4.78 is 31.8. The zero-order valence-corrected chi connectivity index (χ0v) is 11.9. The number of hydrogen-bond acceptors (Lipinski definition) is 4. The number of piperidine rings is 1. The van der Waals surface area contributed by atoms with Gasteiger partial charge < -0.3 is 10.1 Å². The first-order valence-corrected chi connectivity index (χ1v) is 8.34. The van der Waals surface area contributed by atoms with Crippen molar-refractivity contribution in [2.45, 2.75) is 30.9 Å². The van der Waals surface area contributed by atoms with Crippen LogP contribution in [0.25, 0.3) is 0 Å². The highest BCUT2D eigenvalue weighted by molar-refractivity contribution is 7.89. The molecule has 106 valence electrons. The van der Waals surface area contributed by atoms with Gasteiger partial charge in [0, 0.05) is 20.2 Å². The molecule has 0 spiro atoms. The smallest absolute Gasteiger partial charge is 0.216 e. The molecule has 2 fully saturated rings. The standard InChI is InChI=1S/C12H24N2O3S/c1-14(9-11-3-2-8-17-10-11)18(15,16)12-4-6-13-7-5-12/h11-13H,2-10H2,1H3. The van der Waals surface area contributed by atoms with Crippen molar-refractivity contribution in [2.24, 2.45) is 5.92 Å². The molecule has 1 atom stereocenters. The molecule has 2 aliphatic heterocycles. The monoisotopic (exact) mass is 276 g/mol. The zero-order chi connectivity index (χ0) is 13.0. The molecule has 2 saturated heterocycles. The summed E-state index contributed by atoms with van der Waals surface area (Å²) in [4.78, 5) is 0. The van der Waals surface area contributed by atoms with Crippen LogP contribution in [0.2, 0.25) is 0 Å². The van der Waals surface area contributed by atoms with Gasteiger partial charge in [0.15, 0.2) is 0 Å². The highest BCUT2D eigenvalue weighted by atomic mass is 32.2. The lowest BCUT2D eigenvalue weighted by molar-refractivity contribution is 0.0494. The van der Waals surface area contributed by atoms with Crippen LogP contribution in [0.4, 0.5) is 0 Å². The Hall–Kier alpha value is -0.170. The molecule has 5 nitrogen and oxygen atoms in total. The van der Waals surface area contributed by atoms with Crippen molar-refractivity contribution in [2.75, 3.05) is 39.9 Å². The number of nitrogens with zero attached hydrogens (tertiary/aromatic N) is 1. The van der Waals surface area contributed by atoms with Crippen LogP contribution in [0.3, 0.4) is 0 Å². The van der Waals surface area contributed by atoms with Gasteiger partial charge in [0.05, 0.1) is 11.9 Å². The van der Waals surface area contributed by atoms with Gasteiger partial charge in [0.1, 0.15) is 0 Å². The van der Waals surface area contributed by atoms with Crippen molar-refractivity contribution in [3.05, 3.63) is 0 Å². The lowest BCUT2D eigenvalue weighted by Gasteiger charge is -2.31. The Labute approximate surface area is 110 Å². The number of rotatable bonds is 4. The lowest BCUT2D eigenvalue weighted by Crippen LogP contribution is -2.44. The molecule has 0 aromatic heterocycles. The highest BCUT2D eigenvalue weighted by Gasteiger charge is 2.32. The fraction of sp³-hybridized carbons (Fsp3) is 1.00. The molecule has 0 aliphatic carbocycles. The van der Waals surface area contributed by atoms with Gasteiger partial charge in [0.2, 0.25) is 10.0 Å². The van der Waals surface area contributed by atoms with E-state index in [2.05, 4.69) is 5.32 Å². The largest absolute Gasteiger partial charge is 0.381 e. The Bertz CT molecular complexity index is 346. The molecule has 18 heavy (non-hydrogen) atoms. The molecular formula is C12H24N2O3S. The molecule has 0 aromatic carbocycles. The van der Waals surface area contributed by atoms with E-state index in [1.54, 1.807) is 11.4 Å². The molecule has 1 N–H and O–H groups in total. The topological polar surface area (TPSA) is 58.6 Å². The summed E-state index contributed by atoms with van der Waals surface area (Å²) in [5.74, 6) is 0.361. The number of sulfonamides is 1. The third-order valence-corrected chi connectivity index (χ3v) is 6.24. The van der Waals surface area contributed by atoms with Gasteiger partial charge >= 0.3 is 0 Å². The second kappa shape index (κ2) is 6.32. The van der Waals surface area contributed by atoms with Gasteiger partial charge in [-0.2, -0.15) is 0 Å². The third kappa shape index (κ3) is 3.44. The van der Waals surface area contributed by atoms with Gasteiger partial charge in [-0.15, -0.1) is 0 Å². The van der Waals surface area contributed by atoms with Crippen molar-refractivity contribution in [1.29, 1.82) is 0 Å². The van der Waals surface area contributed by atoms with Crippen LogP contribution in [0, 0.1) is 5.92 Å². The molecule has 1 unspecified atom stereocenters. The normalized spacial score (nSPS) is 27.6. The minimum Gasteiger partial charge on any atom is -0.381 e. The maximum Gasteiger partial charge on any atom is 0.216 e. The lowest BCUT2D eigenvalue weighted by atomic mass is 10.0. The first-order chi connectivity index (χ1) is 8.60. The minimum absolute atomic E-state index is 0.201. The summed E-state index contributed by atoms with van der Waals surface area (Å²) in [6, 6.07) is 0. The van der Waals surface area contributed by atoms with Crippen LogP contribution in [-0.4, -0.2) is 57.9 Å². The van der Waals surface area contributed by atoms with E-state index in [0.29, 0.717) is 19.1 Å². The Kier molecular flexibility index (Phi) is 5.00. The van der Waals surface area contributed by atoms with Crippen LogP contribution in [0.5, 0.6) is 0 Å². The summed E-state index contributed by atoms with van der Waals surface area (Å²) in [5, 5.41) is 3.00. The van der Waals surface area contributed by atoms with E-state index in [-0.39, 0.29) is 5.25 Å². The summed E-state index contributed by atoms with van der Waals surface area (Å²) >= 11 is 0. The van der Waals surface area contributed by atoms with E-state index in [0.717, 1.165) is 45.4 Å². The van der Waals surface area contributed by atoms with Gasteiger partial charge in [-0.3, -0.25) is 0 Å². The fourth-order valence-corrected chi connectivity index (χ4v) is 4.53. The Balaban J connectivity index is 1.91. The molecule has 0 saturated carbocycles. The van der Waals surface area contributed by atoms with E-state index in [1.807, 2.05) is 0 Å². The Morgan fingerprint density at radius 3 is 2.61 bits per heavy atom. The predicted molar refractivity (Wildman–Crippen MR) is 71.0 cm³/mol. The SMILES string of the molecule is CN(CC1CCCOC1)S(=O)(=O)C1CCNCC1. The van der Waals surface area contributed by atoms with Crippen molar-refractivity contribution in [3.8, 4) is 0 Å². The highest BCUT2D eigenvalue weighted by Crippen LogP contribution is 2.20. The molecule has 0 amide bonds. The molecule has 0 radical (unpaired) electrons. The van der Waals surface area contributed by atoms with Crippen molar-refractivity contribution in [3.63, 3.8) is 0 Å². The summed E-state index contributed by atoms with van der Waals surface area (Å²) in [6.07, 6.45) is 3.58. The number of ether oxygens (including phenoxy) is 1. The van der Waals surface area contributed by atoms with E-state index >= 15 is 0 Å². The van der Waals surface area contributed by atoms with Crippen LogP contribution in [0.1, 0.15) is 25.7 Å². The third-order valence-electron chi connectivity index (χ3n) is 3.91. The van der Waals surface area contributed by atoms with Gasteiger partial charge in [-0.25, -0.2) is 12.7 Å². The van der Waals surface area contributed by atoms with E-state index in [1.165, 1.54) is 0 Å². The van der Waals surface area contributed by atoms with Crippen LogP contribution >= 0.6 is 0 Å². The van der Waals surface area contributed by atoms with Crippen LogP contribution in [0.15, 0.2) is 0 Å². The predicted octanol–water partition coefficient (Wildman–Crippen LogP) is 0.427. The van der Waals surface area contributed by atoms with E-state index in [9.17, 15) is 8.42 Å². The zero-order valence-electron chi connectivity index (χ0n) is 11.1. The van der Waals surface area contributed by atoms with E-state index < -0.39 is 10.0 Å². The number of hydrogen-bond donors (Lipinski definition) is 1. The quantitative estimate of drug-likeness (QED) is 0.809. The van der Waals surface area contributed by atoms with Gasteiger partial charge in [-0.1, -0.05) is 0 Å². The second-order valence-electron chi connectivity index (χ2n) is 5.36. The van der Waals surface area contributed by atoms with Crippen molar-refractivity contribution in [1.82, 2.24) is 9.62 Å². The average Bonchev–Trinajstić information content (AvgIpc) is 2.41. The van der Waals surface area contributed by atoms with E-state index in [4.69, 9.17) is 4.74 Å². The minimum atomic E-state index is -3.12. The summed E-state index contributed by atoms with van der Waals surface area (Å²) in [6.45, 7) is 3.74. The van der Waals surface area contributed by atoms with Crippen LogP contribution in [-0.2, 0) is 14.8 Å².